The van der Waals surface area contributed by atoms with E-state index in [9.17, 15) is 9.90 Å². The van der Waals surface area contributed by atoms with Crippen LogP contribution in [-0.4, -0.2) is 46.8 Å². The highest BCUT2D eigenvalue weighted by molar-refractivity contribution is 7.11. The zero-order valence-corrected chi connectivity index (χ0v) is 12.9. The van der Waals surface area contributed by atoms with Crippen LogP contribution in [0.25, 0.3) is 0 Å². The van der Waals surface area contributed by atoms with Crippen LogP contribution in [0.2, 0.25) is 0 Å². The van der Waals surface area contributed by atoms with E-state index in [4.69, 9.17) is 0 Å². The SMILES string of the molecule is CCc1cnc(CCNC(=O)N(C)CC(C)(C)O)s1. The number of amides is 2. The van der Waals surface area contributed by atoms with Crippen molar-refractivity contribution in [3.8, 4) is 0 Å². The third-order valence-electron chi connectivity index (χ3n) is 2.54. The molecule has 0 unspecified atom stereocenters. The molecule has 1 rings (SSSR count). The Kier molecular flexibility index (Phi) is 5.75. The van der Waals surface area contributed by atoms with Gasteiger partial charge in [0.25, 0.3) is 0 Å². The van der Waals surface area contributed by atoms with E-state index in [-0.39, 0.29) is 6.03 Å². The Balaban J connectivity index is 2.30. The number of aryl methyl sites for hydroxylation is 1. The molecule has 0 atom stereocenters. The molecule has 6 heteroatoms. The van der Waals surface area contributed by atoms with Gasteiger partial charge in [-0.2, -0.15) is 0 Å². The summed E-state index contributed by atoms with van der Waals surface area (Å²) in [5, 5.41) is 13.5. The van der Waals surface area contributed by atoms with Gasteiger partial charge in [0.1, 0.15) is 0 Å². The van der Waals surface area contributed by atoms with E-state index in [1.165, 1.54) is 9.78 Å². The van der Waals surface area contributed by atoms with Crippen LogP contribution >= 0.6 is 11.3 Å². The maximum atomic E-state index is 11.8. The molecule has 1 aromatic heterocycles. The molecule has 5 nitrogen and oxygen atoms in total. The Morgan fingerprint density at radius 2 is 2.26 bits per heavy atom. The van der Waals surface area contributed by atoms with Gasteiger partial charge < -0.3 is 15.3 Å². The molecule has 0 fully saturated rings. The number of hydrogen-bond donors (Lipinski definition) is 2. The van der Waals surface area contributed by atoms with Crippen LogP contribution in [0.1, 0.15) is 30.7 Å². The first-order chi connectivity index (χ1) is 8.81. The maximum absolute atomic E-state index is 11.8. The van der Waals surface area contributed by atoms with Gasteiger partial charge in [-0.3, -0.25) is 0 Å². The Morgan fingerprint density at radius 1 is 1.58 bits per heavy atom. The van der Waals surface area contributed by atoms with Gasteiger partial charge in [-0.1, -0.05) is 6.92 Å². The molecule has 0 aliphatic heterocycles. The summed E-state index contributed by atoms with van der Waals surface area (Å²) in [5.74, 6) is 0. The fourth-order valence-corrected chi connectivity index (χ4v) is 2.55. The van der Waals surface area contributed by atoms with Crippen LogP contribution in [-0.2, 0) is 12.8 Å². The highest BCUT2D eigenvalue weighted by Crippen LogP contribution is 2.13. The fourth-order valence-electron chi connectivity index (χ4n) is 1.69. The summed E-state index contributed by atoms with van der Waals surface area (Å²) in [6, 6.07) is -0.172. The summed E-state index contributed by atoms with van der Waals surface area (Å²) in [6.45, 7) is 6.32. The lowest BCUT2D eigenvalue weighted by atomic mass is 10.1. The second-order valence-electron chi connectivity index (χ2n) is 5.22. The summed E-state index contributed by atoms with van der Waals surface area (Å²) in [6.07, 6.45) is 3.63. The number of urea groups is 1. The topological polar surface area (TPSA) is 65.5 Å². The number of hydrogen-bond acceptors (Lipinski definition) is 4. The smallest absolute Gasteiger partial charge is 0.317 e. The Morgan fingerprint density at radius 3 is 2.79 bits per heavy atom. The van der Waals surface area contributed by atoms with E-state index in [0.717, 1.165) is 17.8 Å². The van der Waals surface area contributed by atoms with Crippen LogP contribution < -0.4 is 5.32 Å². The molecule has 1 aromatic rings. The molecule has 2 N–H and O–H groups in total. The van der Waals surface area contributed by atoms with Gasteiger partial charge >= 0.3 is 6.03 Å². The average molecular weight is 285 g/mol. The minimum Gasteiger partial charge on any atom is -0.389 e. The van der Waals surface area contributed by atoms with Crippen molar-refractivity contribution in [3.05, 3.63) is 16.1 Å². The summed E-state index contributed by atoms with van der Waals surface area (Å²) >= 11 is 1.69. The molecule has 108 valence electrons. The van der Waals surface area contributed by atoms with Crippen molar-refractivity contribution in [2.75, 3.05) is 20.1 Å². The van der Waals surface area contributed by atoms with Crippen molar-refractivity contribution < 1.29 is 9.90 Å². The lowest BCUT2D eigenvalue weighted by molar-refractivity contribution is 0.0532. The number of carbonyl (C=O) groups excluding carboxylic acids is 1. The monoisotopic (exact) mass is 285 g/mol. The second kappa shape index (κ2) is 6.86. The molecule has 0 saturated heterocycles. The molecule has 0 aromatic carbocycles. The largest absolute Gasteiger partial charge is 0.389 e. The Bertz CT molecular complexity index is 412. The number of aliphatic hydroxyl groups is 1. The molecule has 1 heterocycles. The molecular formula is C13H23N3O2S. The van der Waals surface area contributed by atoms with Crippen LogP contribution in [0.5, 0.6) is 0 Å². The van der Waals surface area contributed by atoms with Crippen LogP contribution in [0, 0.1) is 0 Å². The molecule has 0 saturated carbocycles. The van der Waals surface area contributed by atoms with Crippen molar-refractivity contribution >= 4 is 17.4 Å². The molecule has 19 heavy (non-hydrogen) atoms. The van der Waals surface area contributed by atoms with Crippen molar-refractivity contribution in [3.63, 3.8) is 0 Å². The normalized spacial score (nSPS) is 11.4. The molecule has 0 spiro atoms. The number of rotatable bonds is 6. The minimum atomic E-state index is -0.878. The average Bonchev–Trinajstić information content (AvgIpc) is 2.74. The molecule has 0 aliphatic carbocycles. The number of nitrogens with zero attached hydrogens (tertiary/aromatic N) is 2. The number of aromatic nitrogens is 1. The summed E-state index contributed by atoms with van der Waals surface area (Å²) in [7, 11) is 1.67. The molecule has 0 radical (unpaired) electrons. The quantitative estimate of drug-likeness (QED) is 0.835. The Hall–Kier alpha value is -1.14. The van der Waals surface area contributed by atoms with Crippen molar-refractivity contribution in [1.82, 2.24) is 15.2 Å². The van der Waals surface area contributed by atoms with Gasteiger partial charge in [-0.25, -0.2) is 9.78 Å². The van der Waals surface area contributed by atoms with E-state index in [0.29, 0.717) is 13.1 Å². The fraction of sp³-hybridized carbons (Fsp3) is 0.692. The lowest BCUT2D eigenvalue weighted by Crippen LogP contribution is -2.45. The van der Waals surface area contributed by atoms with Crippen LogP contribution in [0.3, 0.4) is 0 Å². The van der Waals surface area contributed by atoms with Gasteiger partial charge in [0.05, 0.1) is 17.2 Å². The van der Waals surface area contributed by atoms with Crippen molar-refractivity contribution in [2.45, 2.75) is 39.2 Å². The Labute approximate surface area is 118 Å². The zero-order valence-electron chi connectivity index (χ0n) is 12.1. The second-order valence-corrected chi connectivity index (χ2v) is 6.42. The van der Waals surface area contributed by atoms with Crippen molar-refractivity contribution in [2.24, 2.45) is 0 Å². The van der Waals surface area contributed by atoms with Gasteiger partial charge in [-0.05, 0) is 20.3 Å². The van der Waals surface area contributed by atoms with Gasteiger partial charge in [0.2, 0.25) is 0 Å². The highest BCUT2D eigenvalue weighted by atomic mass is 32.1. The first kappa shape index (κ1) is 15.9. The number of nitrogens with one attached hydrogen (secondary N) is 1. The lowest BCUT2D eigenvalue weighted by Gasteiger charge is -2.25. The molecular weight excluding hydrogens is 262 g/mol. The van der Waals surface area contributed by atoms with Crippen LogP contribution in [0.4, 0.5) is 4.79 Å². The molecule has 0 bridgehead atoms. The van der Waals surface area contributed by atoms with Gasteiger partial charge in [0, 0.05) is 31.1 Å². The van der Waals surface area contributed by atoms with Crippen LogP contribution in [0.15, 0.2) is 6.20 Å². The zero-order chi connectivity index (χ0) is 14.5. The third-order valence-corrected chi connectivity index (χ3v) is 3.74. The van der Waals surface area contributed by atoms with Gasteiger partial charge in [0.15, 0.2) is 0 Å². The highest BCUT2D eigenvalue weighted by Gasteiger charge is 2.18. The summed E-state index contributed by atoms with van der Waals surface area (Å²) in [4.78, 5) is 18.8. The standard InChI is InChI=1S/C13H23N3O2S/c1-5-10-8-15-11(19-10)6-7-14-12(17)16(4)9-13(2,3)18/h8,18H,5-7,9H2,1-4H3,(H,14,17). The predicted molar refractivity (Wildman–Crippen MR) is 77.5 cm³/mol. The summed E-state index contributed by atoms with van der Waals surface area (Å²) < 4.78 is 0. The van der Waals surface area contributed by atoms with E-state index in [1.54, 1.807) is 32.2 Å². The first-order valence-electron chi connectivity index (χ1n) is 6.46. The number of thiazole rings is 1. The van der Waals surface area contributed by atoms with E-state index < -0.39 is 5.60 Å². The van der Waals surface area contributed by atoms with E-state index in [1.807, 2.05) is 6.20 Å². The maximum Gasteiger partial charge on any atom is 0.317 e. The third kappa shape index (κ3) is 6.02. The van der Waals surface area contributed by atoms with Crippen molar-refractivity contribution in [1.29, 1.82) is 0 Å². The molecule has 0 aliphatic rings. The van der Waals surface area contributed by atoms with Gasteiger partial charge in [-0.15, -0.1) is 11.3 Å². The predicted octanol–water partition coefficient (Wildman–Crippen LogP) is 1.66. The summed E-state index contributed by atoms with van der Waals surface area (Å²) in [5.41, 5.74) is -0.878. The minimum absolute atomic E-state index is 0.172. The first-order valence-corrected chi connectivity index (χ1v) is 7.28. The number of likely N-dealkylation sites (N-methyl/N-ethyl adjacent to an activating group) is 1. The van der Waals surface area contributed by atoms with E-state index in [2.05, 4.69) is 17.2 Å². The van der Waals surface area contributed by atoms with E-state index >= 15 is 0 Å². The number of carbonyl (C=O) groups is 1. The molecule has 2 amide bonds.